The standard InChI is InChI=1S/C22H22N2O2/c23-16-20(22(26)24-13-7-8-14-24)21(25)15-19(17-9-3-1-4-10-17)18-11-5-2-6-12-18/h1-6,9-12,19-20H,7-8,13-15H2/t20-/m0/s1. The quantitative estimate of drug-likeness (QED) is 0.752. The third-order valence-corrected chi connectivity index (χ3v) is 4.92. The van der Waals surface area contributed by atoms with Crippen LogP contribution in [0.15, 0.2) is 60.7 Å². The van der Waals surface area contributed by atoms with Crippen molar-refractivity contribution in [2.24, 2.45) is 5.92 Å². The molecule has 2 aromatic carbocycles. The monoisotopic (exact) mass is 346 g/mol. The van der Waals surface area contributed by atoms with Crippen LogP contribution in [0.4, 0.5) is 0 Å². The summed E-state index contributed by atoms with van der Waals surface area (Å²) >= 11 is 0. The van der Waals surface area contributed by atoms with Gasteiger partial charge in [0.1, 0.15) is 0 Å². The Balaban J connectivity index is 1.83. The van der Waals surface area contributed by atoms with Crippen LogP contribution >= 0.6 is 0 Å². The van der Waals surface area contributed by atoms with E-state index in [0.717, 1.165) is 24.0 Å². The first kappa shape index (κ1) is 17.9. The fraction of sp³-hybridized carbons (Fsp3) is 0.318. The SMILES string of the molecule is N#C[C@@H](C(=O)CC(c1ccccc1)c1ccccc1)C(=O)N1CCCC1. The molecular weight excluding hydrogens is 324 g/mol. The molecule has 2 aromatic rings. The summed E-state index contributed by atoms with van der Waals surface area (Å²) in [6, 6.07) is 21.5. The van der Waals surface area contributed by atoms with Crippen molar-refractivity contribution in [2.75, 3.05) is 13.1 Å². The minimum Gasteiger partial charge on any atom is -0.341 e. The number of benzene rings is 2. The minimum atomic E-state index is -1.21. The molecule has 0 aromatic heterocycles. The fourth-order valence-electron chi connectivity index (χ4n) is 3.50. The molecular formula is C22H22N2O2. The Morgan fingerprint density at radius 3 is 1.88 bits per heavy atom. The lowest BCUT2D eigenvalue weighted by molar-refractivity contribution is -0.138. The highest BCUT2D eigenvalue weighted by molar-refractivity contribution is 6.04. The molecule has 0 bridgehead atoms. The lowest BCUT2D eigenvalue weighted by atomic mass is 9.84. The first-order valence-electron chi connectivity index (χ1n) is 9.01. The second-order valence-electron chi connectivity index (χ2n) is 6.64. The van der Waals surface area contributed by atoms with E-state index >= 15 is 0 Å². The number of likely N-dealkylation sites (tertiary alicyclic amines) is 1. The van der Waals surface area contributed by atoms with Gasteiger partial charge in [0.05, 0.1) is 6.07 Å². The fourth-order valence-corrected chi connectivity index (χ4v) is 3.50. The molecule has 1 saturated heterocycles. The highest BCUT2D eigenvalue weighted by atomic mass is 16.2. The number of carbonyl (C=O) groups excluding carboxylic acids is 2. The van der Waals surface area contributed by atoms with Gasteiger partial charge >= 0.3 is 0 Å². The van der Waals surface area contributed by atoms with E-state index in [4.69, 9.17) is 0 Å². The summed E-state index contributed by atoms with van der Waals surface area (Å²) in [6.07, 6.45) is 2.02. The van der Waals surface area contributed by atoms with E-state index < -0.39 is 5.92 Å². The molecule has 132 valence electrons. The smallest absolute Gasteiger partial charge is 0.247 e. The van der Waals surface area contributed by atoms with Crippen molar-refractivity contribution in [1.82, 2.24) is 4.90 Å². The van der Waals surface area contributed by atoms with Crippen molar-refractivity contribution in [3.63, 3.8) is 0 Å². The molecule has 0 radical (unpaired) electrons. The van der Waals surface area contributed by atoms with Gasteiger partial charge in [-0.05, 0) is 24.0 Å². The molecule has 26 heavy (non-hydrogen) atoms. The average Bonchev–Trinajstić information content (AvgIpc) is 3.23. The van der Waals surface area contributed by atoms with Gasteiger partial charge in [-0.1, -0.05) is 60.7 Å². The zero-order chi connectivity index (χ0) is 18.4. The zero-order valence-corrected chi connectivity index (χ0v) is 14.7. The van der Waals surface area contributed by atoms with Crippen molar-refractivity contribution in [1.29, 1.82) is 5.26 Å². The molecule has 3 rings (SSSR count). The number of rotatable bonds is 6. The molecule has 1 heterocycles. The Labute approximate surface area is 154 Å². The number of nitriles is 1. The number of hydrogen-bond donors (Lipinski definition) is 0. The predicted octanol–water partition coefficient (Wildman–Crippen LogP) is 3.54. The van der Waals surface area contributed by atoms with Crippen LogP contribution in [0, 0.1) is 17.2 Å². The highest BCUT2D eigenvalue weighted by Gasteiger charge is 2.33. The summed E-state index contributed by atoms with van der Waals surface area (Å²) in [6.45, 7) is 1.29. The predicted molar refractivity (Wildman–Crippen MR) is 99.3 cm³/mol. The number of hydrogen-bond acceptors (Lipinski definition) is 3. The molecule has 4 nitrogen and oxygen atoms in total. The first-order valence-corrected chi connectivity index (χ1v) is 9.01. The molecule has 0 saturated carbocycles. The minimum absolute atomic E-state index is 0.145. The van der Waals surface area contributed by atoms with E-state index in [1.807, 2.05) is 66.7 Å². The van der Waals surface area contributed by atoms with E-state index in [0.29, 0.717) is 13.1 Å². The van der Waals surface area contributed by atoms with Gasteiger partial charge in [0.2, 0.25) is 5.91 Å². The maximum absolute atomic E-state index is 12.9. The zero-order valence-electron chi connectivity index (χ0n) is 14.7. The van der Waals surface area contributed by atoms with Crippen LogP contribution in [0.1, 0.15) is 36.3 Å². The Bertz CT molecular complexity index is 750. The number of amides is 1. The second-order valence-corrected chi connectivity index (χ2v) is 6.64. The maximum Gasteiger partial charge on any atom is 0.247 e. The summed E-state index contributed by atoms with van der Waals surface area (Å²) in [5, 5.41) is 9.46. The molecule has 1 amide bonds. The van der Waals surface area contributed by atoms with E-state index in [-0.39, 0.29) is 24.0 Å². The van der Waals surface area contributed by atoms with E-state index in [1.165, 1.54) is 0 Å². The summed E-state index contributed by atoms with van der Waals surface area (Å²) in [5.41, 5.74) is 2.02. The van der Waals surface area contributed by atoms with Crippen LogP contribution in [0.5, 0.6) is 0 Å². The molecule has 0 spiro atoms. The van der Waals surface area contributed by atoms with Gasteiger partial charge in [-0.25, -0.2) is 0 Å². The van der Waals surface area contributed by atoms with Gasteiger partial charge in [0.25, 0.3) is 0 Å². The Morgan fingerprint density at radius 2 is 1.42 bits per heavy atom. The summed E-state index contributed by atoms with van der Waals surface area (Å²) < 4.78 is 0. The van der Waals surface area contributed by atoms with Crippen LogP contribution in [-0.2, 0) is 9.59 Å². The summed E-state index contributed by atoms with van der Waals surface area (Å²) in [5.74, 6) is -2.01. The summed E-state index contributed by atoms with van der Waals surface area (Å²) in [4.78, 5) is 27.1. The molecule has 0 aliphatic carbocycles. The van der Waals surface area contributed by atoms with E-state index in [9.17, 15) is 14.9 Å². The Kier molecular flexibility index (Phi) is 5.80. The Hall–Kier alpha value is -2.93. The Morgan fingerprint density at radius 1 is 0.923 bits per heavy atom. The van der Waals surface area contributed by atoms with Gasteiger partial charge < -0.3 is 4.90 Å². The van der Waals surface area contributed by atoms with Crippen LogP contribution in [0.25, 0.3) is 0 Å². The lowest BCUT2D eigenvalue weighted by Gasteiger charge is -2.21. The lowest BCUT2D eigenvalue weighted by Crippen LogP contribution is -2.37. The van der Waals surface area contributed by atoms with Gasteiger partial charge in [-0.3, -0.25) is 9.59 Å². The van der Waals surface area contributed by atoms with Gasteiger partial charge in [-0.15, -0.1) is 0 Å². The average molecular weight is 346 g/mol. The van der Waals surface area contributed by atoms with Gasteiger partial charge in [0.15, 0.2) is 11.7 Å². The summed E-state index contributed by atoms with van der Waals surface area (Å²) in [7, 11) is 0. The highest BCUT2D eigenvalue weighted by Crippen LogP contribution is 2.29. The molecule has 4 heteroatoms. The van der Waals surface area contributed by atoms with Crippen molar-refractivity contribution < 1.29 is 9.59 Å². The third-order valence-electron chi connectivity index (χ3n) is 4.92. The molecule has 1 aliphatic heterocycles. The van der Waals surface area contributed by atoms with Crippen molar-refractivity contribution >= 4 is 11.7 Å². The van der Waals surface area contributed by atoms with Crippen LogP contribution in [0.2, 0.25) is 0 Å². The topological polar surface area (TPSA) is 61.2 Å². The van der Waals surface area contributed by atoms with E-state index in [2.05, 4.69) is 0 Å². The van der Waals surface area contributed by atoms with Crippen molar-refractivity contribution in [3.05, 3.63) is 71.8 Å². The molecule has 0 N–H and O–H groups in total. The second kappa shape index (κ2) is 8.44. The molecule has 1 atom stereocenters. The van der Waals surface area contributed by atoms with E-state index in [1.54, 1.807) is 4.90 Å². The number of carbonyl (C=O) groups is 2. The molecule has 1 fully saturated rings. The largest absolute Gasteiger partial charge is 0.341 e. The van der Waals surface area contributed by atoms with Crippen LogP contribution < -0.4 is 0 Å². The number of Topliss-reactive ketones (excluding diaryl/α,β-unsaturated/α-hetero) is 1. The van der Waals surface area contributed by atoms with Crippen LogP contribution in [0.3, 0.4) is 0 Å². The van der Waals surface area contributed by atoms with Gasteiger partial charge in [-0.2, -0.15) is 5.26 Å². The number of ketones is 1. The number of nitrogens with zero attached hydrogens (tertiary/aromatic N) is 2. The normalized spacial score (nSPS) is 14.8. The third kappa shape index (κ3) is 4.00. The first-order chi connectivity index (χ1) is 12.7. The maximum atomic E-state index is 12.9. The van der Waals surface area contributed by atoms with Crippen molar-refractivity contribution in [3.8, 4) is 6.07 Å². The molecule has 1 aliphatic rings. The molecule has 0 unspecified atom stereocenters. The van der Waals surface area contributed by atoms with Gasteiger partial charge in [0, 0.05) is 25.4 Å². The van der Waals surface area contributed by atoms with Crippen molar-refractivity contribution in [2.45, 2.75) is 25.2 Å². The van der Waals surface area contributed by atoms with Crippen LogP contribution in [-0.4, -0.2) is 29.7 Å².